The SMILES string of the molecule is O=C(O)c1ccnc(NCC(F)(F)CO)c1. The number of carboxylic acid groups (broad SMARTS) is 1. The molecule has 0 radical (unpaired) electrons. The van der Waals surface area contributed by atoms with Crippen LogP contribution in [0.2, 0.25) is 0 Å². The molecule has 7 heteroatoms. The number of carboxylic acids is 1. The first-order valence-corrected chi connectivity index (χ1v) is 4.36. The molecule has 3 N–H and O–H groups in total. The van der Waals surface area contributed by atoms with Crippen molar-refractivity contribution in [1.82, 2.24) is 4.98 Å². The molecule has 0 bridgehead atoms. The number of pyridine rings is 1. The van der Waals surface area contributed by atoms with E-state index >= 15 is 0 Å². The fourth-order valence-corrected chi connectivity index (χ4v) is 0.936. The Kier molecular flexibility index (Phi) is 3.73. The standard InChI is InChI=1S/C9H10F2N2O3/c10-9(11,5-14)4-13-7-3-6(8(15)16)1-2-12-7/h1-3,14H,4-5H2,(H,12,13)(H,15,16). The van der Waals surface area contributed by atoms with Gasteiger partial charge in [0.1, 0.15) is 12.4 Å². The van der Waals surface area contributed by atoms with E-state index in [2.05, 4.69) is 10.3 Å². The van der Waals surface area contributed by atoms with Crippen molar-refractivity contribution in [3.8, 4) is 0 Å². The number of carbonyl (C=O) groups is 1. The van der Waals surface area contributed by atoms with Crippen LogP contribution in [0.15, 0.2) is 18.3 Å². The number of alkyl halides is 2. The summed E-state index contributed by atoms with van der Waals surface area (Å²) in [5.74, 6) is -4.41. The van der Waals surface area contributed by atoms with E-state index in [4.69, 9.17) is 10.2 Å². The molecule has 1 heterocycles. The second-order valence-electron chi connectivity index (χ2n) is 3.10. The summed E-state index contributed by atoms with van der Waals surface area (Å²) in [6, 6.07) is 2.38. The smallest absolute Gasteiger partial charge is 0.335 e. The van der Waals surface area contributed by atoms with Crippen molar-refractivity contribution < 1.29 is 23.8 Å². The Bertz CT molecular complexity index is 385. The molecule has 0 atom stereocenters. The maximum atomic E-state index is 12.6. The first-order valence-electron chi connectivity index (χ1n) is 4.36. The van der Waals surface area contributed by atoms with Gasteiger partial charge in [0, 0.05) is 6.20 Å². The highest BCUT2D eigenvalue weighted by molar-refractivity contribution is 5.88. The third-order valence-corrected chi connectivity index (χ3v) is 1.77. The number of nitrogens with one attached hydrogen (secondary N) is 1. The number of aliphatic hydroxyl groups is 1. The van der Waals surface area contributed by atoms with E-state index in [1.165, 1.54) is 12.3 Å². The van der Waals surface area contributed by atoms with Crippen LogP contribution in [0.25, 0.3) is 0 Å². The molecule has 0 amide bonds. The molecule has 0 unspecified atom stereocenters. The van der Waals surface area contributed by atoms with Crippen LogP contribution < -0.4 is 5.32 Å². The van der Waals surface area contributed by atoms with Crippen LogP contribution in [0.1, 0.15) is 10.4 Å². The van der Waals surface area contributed by atoms with E-state index in [-0.39, 0.29) is 11.4 Å². The number of nitrogens with zero attached hydrogens (tertiary/aromatic N) is 1. The summed E-state index contributed by atoms with van der Waals surface area (Å²) in [6.45, 7) is -2.09. The quantitative estimate of drug-likeness (QED) is 0.700. The van der Waals surface area contributed by atoms with Gasteiger partial charge in [-0.15, -0.1) is 0 Å². The van der Waals surface area contributed by atoms with Gasteiger partial charge in [-0.3, -0.25) is 0 Å². The Hall–Kier alpha value is -1.76. The minimum atomic E-state index is -3.26. The van der Waals surface area contributed by atoms with Crippen LogP contribution in [0.5, 0.6) is 0 Å². The van der Waals surface area contributed by atoms with Gasteiger partial charge in [-0.2, -0.15) is 0 Å². The topological polar surface area (TPSA) is 82.5 Å². The van der Waals surface area contributed by atoms with E-state index < -0.39 is 25.0 Å². The van der Waals surface area contributed by atoms with Gasteiger partial charge in [0.2, 0.25) is 0 Å². The third-order valence-electron chi connectivity index (χ3n) is 1.77. The second kappa shape index (κ2) is 4.84. The summed E-state index contributed by atoms with van der Waals surface area (Å²) in [7, 11) is 0. The van der Waals surface area contributed by atoms with Crippen LogP contribution in [-0.4, -0.2) is 40.2 Å². The lowest BCUT2D eigenvalue weighted by molar-refractivity contribution is -0.0373. The van der Waals surface area contributed by atoms with Crippen LogP contribution in [0.4, 0.5) is 14.6 Å². The first-order chi connectivity index (χ1) is 7.44. The summed E-state index contributed by atoms with van der Waals surface area (Å²) in [5, 5.41) is 19.2. The zero-order valence-corrected chi connectivity index (χ0v) is 8.15. The molecule has 88 valence electrons. The highest BCUT2D eigenvalue weighted by Gasteiger charge is 2.27. The van der Waals surface area contributed by atoms with Gasteiger partial charge in [0.05, 0.1) is 12.1 Å². The maximum absolute atomic E-state index is 12.6. The highest BCUT2D eigenvalue weighted by atomic mass is 19.3. The van der Waals surface area contributed by atoms with Crippen molar-refractivity contribution in [2.75, 3.05) is 18.5 Å². The average molecular weight is 232 g/mol. The molecule has 0 aliphatic rings. The van der Waals surface area contributed by atoms with Gasteiger partial charge in [-0.05, 0) is 12.1 Å². The molecule has 1 aromatic rings. The van der Waals surface area contributed by atoms with Crippen LogP contribution >= 0.6 is 0 Å². The predicted octanol–water partition coefficient (Wildman–Crippen LogP) is 0.819. The summed E-state index contributed by atoms with van der Waals surface area (Å²) in [6.07, 6.45) is 1.20. The van der Waals surface area contributed by atoms with E-state index in [1.54, 1.807) is 0 Å². The molecule has 0 fully saturated rings. The van der Waals surface area contributed by atoms with Gasteiger partial charge in [-0.25, -0.2) is 18.6 Å². The molecule has 0 spiro atoms. The van der Waals surface area contributed by atoms with Crippen molar-refractivity contribution >= 4 is 11.8 Å². The summed E-state index contributed by atoms with van der Waals surface area (Å²) < 4.78 is 25.3. The summed E-state index contributed by atoms with van der Waals surface area (Å²) >= 11 is 0. The van der Waals surface area contributed by atoms with Crippen molar-refractivity contribution in [3.05, 3.63) is 23.9 Å². The Labute approximate surface area is 89.7 Å². The number of aliphatic hydroxyl groups excluding tert-OH is 1. The lowest BCUT2D eigenvalue weighted by Crippen LogP contribution is -2.31. The van der Waals surface area contributed by atoms with Crippen molar-refractivity contribution in [3.63, 3.8) is 0 Å². The Morgan fingerprint density at radius 2 is 2.25 bits per heavy atom. The zero-order chi connectivity index (χ0) is 12.2. The molecule has 16 heavy (non-hydrogen) atoms. The maximum Gasteiger partial charge on any atom is 0.335 e. The number of rotatable bonds is 5. The van der Waals surface area contributed by atoms with E-state index in [0.29, 0.717) is 0 Å². The van der Waals surface area contributed by atoms with Gasteiger partial charge in [0.15, 0.2) is 0 Å². The Balaban J connectivity index is 2.68. The molecule has 1 aromatic heterocycles. The molecule has 0 aromatic carbocycles. The fourth-order valence-electron chi connectivity index (χ4n) is 0.936. The number of aromatic nitrogens is 1. The van der Waals surface area contributed by atoms with Crippen LogP contribution in [-0.2, 0) is 0 Å². The molecule has 1 rings (SSSR count). The minimum Gasteiger partial charge on any atom is -0.478 e. The molecule has 0 aliphatic heterocycles. The normalized spacial score (nSPS) is 11.2. The van der Waals surface area contributed by atoms with Gasteiger partial charge < -0.3 is 15.5 Å². The van der Waals surface area contributed by atoms with Crippen molar-refractivity contribution in [2.45, 2.75) is 5.92 Å². The zero-order valence-electron chi connectivity index (χ0n) is 8.15. The molecular weight excluding hydrogens is 222 g/mol. The lowest BCUT2D eigenvalue weighted by atomic mass is 10.2. The predicted molar refractivity (Wildman–Crippen MR) is 51.7 cm³/mol. The largest absolute Gasteiger partial charge is 0.478 e. The van der Waals surface area contributed by atoms with E-state index in [0.717, 1.165) is 6.07 Å². The van der Waals surface area contributed by atoms with E-state index in [1.807, 2.05) is 0 Å². The first kappa shape index (κ1) is 12.3. The fraction of sp³-hybridized carbons (Fsp3) is 0.333. The Morgan fingerprint density at radius 3 is 2.81 bits per heavy atom. The molecule has 5 nitrogen and oxygen atoms in total. The summed E-state index contributed by atoms with van der Waals surface area (Å²) in [5.41, 5.74) is -0.0511. The molecular formula is C9H10F2N2O3. The summed E-state index contributed by atoms with van der Waals surface area (Å²) in [4.78, 5) is 14.2. The third kappa shape index (κ3) is 3.43. The number of hydrogen-bond donors (Lipinski definition) is 3. The molecule has 0 saturated carbocycles. The van der Waals surface area contributed by atoms with Crippen LogP contribution in [0.3, 0.4) is 0 Å². The lowest BCUT2D eigenvalue weighted by Gasteiger charge is -2.14. The number of hydrogen-bond acceptors (Lipinski definition) is 4. The van der Waals surface area contributed by atoms with Gasteiger partial charge >= 0.3 is 5.97 Å². The van der Waals surface area contributed by atoms with Gasteiger partial charge in [0.25, 0.3) is 5.92 Å². The van der Waals surface area contributed by atoms with Crippen LogP contribution in [0, 0.1) is 0 Å². The Morgan fingerprint density at radius 1 is 1.56 bits per heavy atom. The number of halogens is 2. The van der Waals surface area contributed by atoms with E-state index in [9.17, 15) is 13.6 Å². The van der Waals surface area contributed by atoms with Crippen molar-refractivity contribution in [2.24, 2.45) is 0 Å². The second-order valence-corrected chi connectivity index (χ2v) is 3.10. The highest BCUT2D eigenvalue weighted by Crippen LogP contribution is 2.14. The van der Waals surface area contributed by atoms with Crippen molar-refractivity contribution in [1.29, 1.82) is 0 Å². The van der Waals surface area contributed by atoms with Gasteiger partial charge in [-0.1, -0.05) is 0 Å². The number of anilines is 1. The minimum absolute atomic E-state index is 0.0213. The average Bonchev–Trinajstić information content (AvgIpc) is 2.27. The molecule has 0 aliphatic carbocycles. The monoisotopic (exact) mass is 232 g/mol. The molecule has 0 saturated heterocycles. The number of aromatic carboxylic acids is 1.